The van der Waals surface area contributed by atoms with Gasteiger partial charge in [-0.3, -0.25) is 0 Å². The summed E-state index contributed by atoms with van der Waals surface area (Å²) in [6, 6.07) is 5.03. The Labute approximate surface area is 88.7 Å². The van der Waals surface area contributed by atoms with Crippen LogP contribution >= 0.6 is 0 Å². The summed E-state index contributed by atoms with van der Waals surface area (Å²) in [6.07, 6.45) is 5.53. The topological polar surface area (TPSA) is 46.5 Å². The van der Waals surface area contributed by atoms with Crippen molar-refractivity contribution in [1.29, 1.82) is 0 Å². The molecule has 1 rings (SSSR count). The molecule has 1 aromatic carbocycles. The van der Waals surface area contributed by atoms with Gasteiger partial charge in [0.15, 0.2) is 0 Å². The van der Waals surface area contributed by atoms with Gasteiger partial charge in [-0.25, -0.2) is 4.79 Å². The number of hydrogen-bond acceptors (Lipinski definition) is 2. The predicted octanol–water partition coefficient (Wildman–Crippen LogP) is 2.10. The Morgan fingerprint density at radius 1 is 1.60 bits per heavy atom. The largest absolute Gasteiger partial charge is 0.492 e. The number of aryl methyl sites for hydroxylation is 1. The lowest BCUT2D eigenvalue weighted by Crippen LogP contribution is -2.04. The van der Waals surface area contributed by atoms with Gasteiger partial charge < -0.3 is 9.84 Å². The lowest BCUT2D eigenvalue weighted by atomic mass is 10.1. The van der Waals surface area contributed by atoms with Crippen LogP contribution in [0, 0.1) is 19.3 Å². The molecule has 0 unspecified atom stereocenters. The van der Waals surface area contributed by atoms with Crippen molar-refractivity contribution in [2.24, 2.45) is 0 Å². The van der Waals surface area contributed by atoms with Gasteiger partial charge in [0.25, 0.3) is 0 Å². The molecule has 1 N–H and O–H groups in total. The molecular weight excluding hydrogens is 192 g/mol. The quantitative estimate of drug-likeness (QED) is 0.603. The average Bonchev–Trinajstić information content (AvgIpc) is 2.20. The standard InChI is InChI=1S/C12H12O3/c1-3-4-7-15-11-6-5-9(2)8-10(11)12(13)14/h1,5-6,8H,4,7H2,2H3,(H,13,14). The molecular formula is C12H12O3. The minimum absolute atomic E-state index is 0.173. The smallest absolute Gasteiger partial charge is 0.339 e. The number of benzene rings is 1. The maximum Gasteiger partial charge on any atom is 0.339 e. The van der Waals surface area contributed by atoms with Crippen LogP contribution in [0.3, 0.4) is 0 Å². The summed E-state index contributed by atoms with van der Waals surface area (Å²) in [4.78, 5) is 10.9. The molecule has 0 aromatic heterocycles. The monoisotopic (exact) mass is 204 g/mol. The van der Waals surface area contributed by atoms with Crippen molar-refractivity contribution in [2.75, 3.05) is 6.61 Å². The van der Waals surface area contributed by atoms with E-state index in [1.807, 2.05) is 6.92 Å². The molecule has 0 bridgehead atoms. The van der Waals surface area contributed by atoms with E-state index in [4.69, 9.17) is 16.3 Å². The highest BCUT2D eigenvalue weighted by atomic mass is 16.5. The van der Waals surface area contributed by atoms with Crippen molar-refractivity contribution in [3.8, 4) is 18.1 Å². The van der Waals surface area contributed by atoms with Gasteiger partial charge in [-0.1, -0.05) is 11.6 Å². The average molecular weight is 204 g/mol. The molecule has 78 valence electrons. The Bertz CT molecular complexity index is 402. The van der Waals surface area contributed by atoms with Crippen LogP contribution in [-0.4, -0.2) is 17.7 Å². The first kappa shape index (κ1) is 11.1. The van der Waals surface area contributed by atoms with E-state index in [0.29, 0.717) is 18.8 Å². The van der Waals surface area contributed by atoms with E-state index in [0.717, 1.165) is 5.56 Å². The lowest BCUT2D eigenvalue weighted by Gasteiger charge is -2.08. The Kier molecular flexibility index (Phi) is 3.75. The van der Waals surface area contributed by atoms with Crippen LogP contribution in [0.1, 0.15) is 22.3 Å². The fraction of sp³-hybridized carbons (Fsp3) is 0.250. The Balaban J connectivity index is 2.87. The van der Waals surface area contributed by atoms with Crippen LogP contribution in [0.25, 0.3) is 0 Å². The van der Waals surface area contributed by atoms with Crippen molar-refractivity contribution >= 4 is 5.97 Å². The van der Waals surface area contributed by atoms with E-state index in [-0.39, 0.29) is 5.56 Å². The van der Waals surface area contributed by atoms with Gasteiger partial charge in [0.1, 0.15) is 11.3 Å². The number of carbonyl (C=O) groups is 1. The first-order valence-electron chi connectivity index (χ1n) is 4.55. The van der Waals surface area contributed by atoms with Gasteiger partial charge in [0, 0.05) is 6.42 Å². The Morgan fingerprint density at radius 2 is 2.33 bits per heavy atom. The third-order valence-electron chi connectivity index (χ3n) is 1.87. The molecule has 1 aromatic rings. The zero-order valence-corrected chi connectivity index (χ0v) is 8.49. The second kappa shape index (κ2) is 5.06. The number of ether oxygens (including phenoxy) is 1. The van der Waals surface area contributed by atoms with Crippen LogP contribution in [0.4, 0.5) is 0 Å². The molecule has 0 fully saturated rings. The van der Waals surface area contributed by atoms with Crippen LogP contribution in [0.2, 0.25) is 0 Å². The maximum absolute atomic E-state index is 10.9. The zero-order valence-electron chi connectivity index (χ0n) is 8.49. The van der Waals surface area contributed by atoms with Gasteiger partial charge in [-0.05, 0) is 19.1 Å². The van der Waals surface area contributed by atoms with Crippen molar-refractivity contribution < 1.29 is 14.6 Å². The fourth-order valence-electron chi connectivity index (χ4n) is 1.16. The second-order valence-corrected chi connectivity index (χ2v) is 3.11. The summed E-state index contributed by atoms with van der Waals surface area (Å²) in [5.41, 5.74) is 1.06. The van der Waals surface area contributed by atoms with Crippen LogP contribution < -0.4 is 4.74 Å². The van der Waals surface area contributed by atoms with Gasteiger partial charge in [-0.15, -0.1) is 12.3 Å². The number of hydrogen-bond donors (Lipinski definition) is 1. The molecule has 0 spiro atoms. The summed E-state index contributed by atoms with van der Waals surface area (Å²) in [5.74, 6) is 1.80. The number of rotatable bonds is 4. The Morgan fingerprint density at radius 3 is 2.93 bits per heavy atom. The van der Waals surface area contributed by atoms with E-state index in [1.54, 1.807) is 18.2 Å². The van der Waals surface area contributed by atoms with Crippen molar-refractivity contribution in [1.82, 2.24) is 0 Å². The minimum Gasteiger partial charge on any atom is -0.492 e. The highest BCUT2D eigenvalue weighted by Gasteiger charge is 2.10. The lowest BCUT2D eigenvalue weighted by molar-refractivity contribution is 0.0692. The second-order valence-electron chi connectivity index (χ2n) is 3.11. The summed E-state index contributed by atoms with van der Waals surface area (Å²) in [5, 5.41) is 8.93. The van der Waals surface area contributed by atoms with E-state index in [1.165, 1.54) is 0 Å². The van der Waals surface area contributed by atoms with Gasteiger partial charge >= 0.3 is 5.97 Å². The number of aromatic carboxylic acids is 1. The number of carboxylic acid groups (broad SMARTS) is 1. The molecule has 0 aliphatic heterocycles. The molecule has 0 saturated heterocycles. The van der Waals surface area contributed by atoms with Crippen molar-refractivity contribution in [3.63, 3.8) is 0 Å². The zero-order chi connectivity index (χ0) is 11.3. The van der Waals surface area contributed by atoms with E-state index >= 15 is 0 Å². The first-order chi connectivity index (χ1) is 7.15. The van der Waals surface area contributed by atoms with E-state index < -0.39 is 5.97 Å². The highest BCUT2D eigenvalue weighted by molar-refractivity contribution is 5.91. The molecule has 15 heavy (non-hydrogen) atoms. The number of carboxylic acids is 1. The molecule has 3 heteroatoms. The fourth-order valence-corrected chi connectivity index (χ4v) is 1.16. The molecule has 0 aliphatic carbocycles. The van der Waals surface area contributed by atoms with Crippen LogP contribution in [0.15, 0.2) is 18.2 Å². The molecule has 0 atom stereocenters. The maximum atomic E-state index is 10.9. The van der Waals surface area contributed by atoms with E-state index in [2.05, 4.69) is 5.92 Å². The summed E-state index contributed by atoms with van der Waals surface area (Å²) in [7, 11) is 0. The van der Waals surface area contributed by atoms with Crippen LogP contribution in [0.5, 0.6) is 5.75 Å². The van der Waals surface area contributed by atoms with Gasteiger partial charge in [-0.2, -0.15) is 0 Å². The highest BCUT2D eigenvalue weighted by Crippen LogP contribution is 2.20. The predicted molar refractivity (Wildman–Crippen MR) is 57.1 cm³/mol. The number of terminal acetylenes is 1. The third-order valence-corrected chi connectivity index (χ3v) is 1.87. The molecule has 0 aliphatic rings. The molecule has 0 radical (unpaired) electrons. The normalized spacial score (nSPS) is 9.33. The summed E-state index contributed by atoms with van der Waals surface area (Å²) in [6.45, 7) is 2.16. The Hall–Kier alpha value is -1.95. The summed E-state index contributed by atoms with van der Waals surface area (Å²) >= 11 is 0. The molecule has 0 amide bonds. The third kappa shape index (κ3) is 3.03. The van der Waals surface area contributed by atoms with Crippen molar-refractivity contribution in [2.45, 2.75) is 13.3 Å². The van der Waals surface area contributed by atoms with Gasteiger partial charge in [0.05, 0.1) is 6.61 Å². The molecule has 3 nitrogen and oxygen atoms in total. The molecule has 0 saturated carbocycles. The van der Waals surface area contributed by atoms with Gasteiger partial charge in [0.2, 0.25) is 0 Å². The minimum atomic E-state index is -0.991. The van der Waals surface area contributed by atoms with Crippen molar-refractivity contribution in [3.05, 3.63) is 29.3 Å². The SMILES string of the molecule is C#CCCOc1ccc(C)cc1C(=O)O. The summed E-state index contributed by atoms with van der Waals surface area (Å²) < 4.78 is 5.27. The van der Waals surface area contributed by atoms with Crippen LogP contribution in [-0.2, 0) is 0 Å². The molecule has 0 heterocycles. The first-order valence-corrected chi connectivity index (χ1v) is 4.55. The van der Waals surface area contributed by atoms with E-state index in [9.17, 15) is 4.79 Å².